The molecule has 0 bridgehead atoms. The second kappa shape index (κ2) is 3.65. The summed E-state index contributed by atoms with van der Waals surface area (Å²) in [6, 6.07) is 3.23. The molecule has 0 radical (unpaired) electrons. The van der Waals surface area contributed by atoms with Gasteiger partial charge in [0.15, 0.2) is 0 Å². The topological polar surface area (TPSA) is 51.8 Å². The van der Waals surface area contributed by atoms with Gasteiger partial charge < -0.3 is 5.73 Å². The summed E-state index contributed by atoms with van der Waals surface area (Å²) in [4.78, 5) is 7.76. The average Bonchev–Trinajstić information content (AvgIpc) is 2.17. The molecule has 0 fully saturated rings. The number of nitrogens with zero attached hydrogens (tertiary/aromatic N) is 2. The summed E-state index contributed by atoms with van der Waals surface area (Å²) in [6.07, 6.45) is 4.36. The normalized spacial score (nSPS) is 10.3. The molecule has 0 amide bonds. The van der Waals surface area contributed by atoms with Gasteiger partial charge in [-0.2, -0.15) is 0 Å². The number of halogens is 1. The maximum Gasteiger partial charge on any atom is 0.142 e. The quantitative estimate of drug-likeness (QED) is 0.772. The molecular weight excluding hydrogens is 193 g/mol. The molecule has 2 aromatic rings. The fourth-order valence-corrected chi connectivity index (χ4v) is 1.50. The maximum absolute atomic E-state index is 13.0. The van der Waals surface area contributed by atoms with E-state index >= 15 is 0 Å². The van der Waals surface area contributed by atoms with Crippen LogP contribution < -0.4 is 5.73 Å². The van der Waals surface area contributed by atoms with Crippen LogP contribution in [0.5, 0.6) is 0 Å². The average molecular weight is 203 g/mol. The van der Waals surface area contributed by atoms with E-state index in [1.54, 1.807) is 12.4 Å². The molecule has 76 valence electrons. The van der Waals surface area contributed by atoms with Gasteiger partial charge >= 0.3 is 0 Å². The first-order chi connectivity index (χ1) is 7.18. The molecular formula is C11H10FN3. The Hall–Kier alpha value is -1.97. The van der Waals surface area contributed by atoms with E-state index < -0.39 is 0 Å². The van der Waals surface area contributed by atoms with Gasteiger partial charge in [-0.15, -0.1) is 0 Å². The van der Waals surface area contributed by atoms with Crippen molar-refractivity contribution in [1.29, 1.82) is 0 Å². The highest BCUT2D eigenvalue weighted by atomic mass is 19.1. The Labute approximate surface area is 86.8 Å². The zero-order chi connectivity index (χ0) is 10.8. The zero-order valence-corrected chi connectivity index (χ0v) is 8.24. The van der Waals surface area contributed by atoms with Gasteiger partial charge in [0.05, 0.1) is 6.20 Å². The van der Waals surface area contributed by atoms with Crippen LogP contribution in [-0.4, -0.2) is 9.97 Å². The molecule has 0 aromatic carbocycles. The molecule has 0 aliphatic carbocycles. The summed E-state index contributed by atoms with van der Waals surface area (Å²) in [7, 11) is 0. The number of pyridine rings is 2. The lowest BCUT2D eigenvalue weighted by atomic mass is 10.0. The Bertz CT molecular complexity index is 477. The van der Waals surface area contributed by atoms with E-state index in [0.29, 0.717) is 11.4 Å². The van der Waals surface area contributed by atoms with Crippen LogP contribution in [0.2, 0.25) is 0 Å². The van der Waals surface area contributed by atoms with E-state index in [1.807, 2.05) is 13.0 Å². The highest BCUT2D eigenvalue weighted by molar-refractivity contribution is 5.76. The molecule has 3 nitrogen and oxygen atoms in total. The summed E-state index contributed by atoms with van der Waals surface area (Å²) in [6.45, 7) is 1.90. The van der Waals surface area contributed by atoms with Gasteiger partial charge in [-0.1, -0.05) is 0 Å². The molecule has 0 aliphatic rings. The number of aromatic nitrogens is 2. The minimum absolute atomic E-state index is 0.379. The van der Waals surface area contributed by atoms with Crippen molar-refractivity contribution >= 4 is 5.82 Å². The number of hydrogen-bond donors (Lipinski definition) is 1. The first-order valence-corrected chi connectivity index (χ1v) is 4.50. The highest BCUT2D eigenvalue weighted by Crippen LogP contribution is 2.27. The van der Waals surface area contributed by atoms with Crippen LogP contribution in [-0.2, 0) is 0 Å². The van der Waals surface area contributed by atoms with E-state index in [1.165, 1.54) is 6.07 Å². The summed E-state index contributed by atoms with van der Waals surface area (Å²) in [5, 5.41) is 0. The van der Waals surface area contributed by atoms with Gasteiger partial charge in [0.1, 0.15) is 11.6 Å². The first-order valence-electron chi connectivity index (χ1n) is 4.50. The minimum atomic E-state index is -0.379. The van der Waals surface area contributed by atoms with Crippen LogP contribution in [0.25, 0.3) is 11.1 Å². The van der Waals surface area contributed by atoms with E-state index in [4.69, 9.17) is 5.73 Å². The predicted molar refractivity (Wildman–Crippen MR) is 56.6 cm³/mol. The Morgan fingerprint density at radius 1 is 1.33 bits per heavy atom. The van der Waals surface area contributed by atoms with Crippen molar-refractivity contribution in [3.8, 4) is 11.1 Å². The fraction of sp³-hybridized carbons (Fsp3) is 0.0909. The largest absolute Gasteiger partial charge is 0.383 e. The third-order valence-corrected chi connectivity index (χ3v) is 2.18. The highest BCUT2D eigenvalue weighted by Gasteiger charge is 2.07. The maximum atomic E-state index is 13.0. The van der Waals surface area contributed by atoms with Crippen LogP contribution in [0.4, 0.5) is 10.2 Å². The molecule has 0 spiro atoms. The second-order valence-electron chi connectivity index (χ2n) is 3.28. The molecule has 0 saturated carbocycles. The van der Waals surface area contributed by atoms with Gasteiger partial charge in [-0.05, 0) is 24.6 Å². The molecule has 15 heavy (non-hydrogen) atoms. The van der Waals surface area contributed by atoms with Crippen LogP contribution in [0, 0.1) is 12.7 Å². The second-order valence-corrected chi connectivity index (χ2v) is 3.28. The first kappa shape index (κ1) is 9.58. The summed E-state index contributed by atoms with van der Waals surface area (Å²) in [5.74, 6) is 0.0116. The minimum Gasteiger partial charge on any atom is -0.383 e. The van der Waals surface area contributed by atoms with Crippen LogP contribution in [0.15, 0.2) is 30.7 Å². The van der Waals surface area contributed by atoms with Gasteiger partial charge in [0.2, 0.25) is 0 Å². The summed E-state index contributed by atoms with van der Waals surface area (Å²) >= 11 is 0. The van der Waals surface area contributed by atoms with Crippen molar-refractivity contribution in [3.05, 3.63) is 42.1 Å². The lowest BCUT2D eigenvalue weighted by molar-refractivity contribution is 0.622. The lowest BCUT2D eigenvalue weighted by Gasteiger charge is -2.07. The van der Waals surface area contributed by atoms with Crippen LogP contribution in [0.3, 0.4) is 0 Å². The summed E-state index contributed by atoms with van der Waals surface area (Å²) in [5.41, 5.74) is 8.09. The van der Waals surface area contributed by atoms with E-state index in [-0.39, 0.29) is 5.82 Å². The van der Waals surface area contributed by atoms with Crippen molar-refractivity contribution in [2.45, 2.75) is 6.92 Å². The van der Waals surface area contributed by atoms with Gasteiger partial charge in [0, 0.05) is 23.5 Å². The zero-order valence-electron chi connectivity index (χ0n) is 8.24. The predicted octanol–water partition coefficient (Wildman–Crippen LogP) is 2.17. The number of nitrogen functional groups attached to an aromatic ring is 1. The molecule has 2 aromatic heterocycles. The number of nitrogens with two attached hydrogens (primary N) is 1. The Balaban J connectivity index is 2.63. The monoisotopic (exact) mass is 203 g/mol. The van der Waals surface area contributed by atoms with Gasteiger partial charge in [-0.3, -0.25) is 4.98 Å². The third kappa shape index (κ3) is 1.79. The van der Waals surface area contributed by atoms with E-state index in [0.717, 1.165) is 17.3 Å². The third-order valence-electron chi connectivity index (χ3n) is 2.18. The molecule has 2 N–H and O–H groups in total. The van der Waals surface area contributed by atoms with Crippen LogP contribution in [0.1, 0.15) is 5.56 Å². The number of rotatable bonds is 1. The number of hydrogen-bond acceptors (Lipinski definition) is 3. The molecule has 0 saturated heterocycles. The van der Waals surface area contributed by atoms with E-state index in [2.05, 4.69) is 9.97 Å². The Morgan fingerprint density at radius 2 is 2.13 bits per heavy atom. The standard InChI is InChI=1S/C11H10FN3/c1-7-2-3-15-11(13)10(7)8-4-9(12)6-14-5-8/h2-6H,1H3,(H2,13,15). The Kier molecular flexibility index (Phi) is 2.33. The fourth-order valence-electron chi connectivity index (χ4n) is 1.50. The SMILES string of the molecule is Cc1ccnc(N)c1-c1cncc(F)c1. The molecule has 2 heterocycles. The smallest absolute Gasteiger partial charge is 0.142 e. The number of aryl methyl sites for hydroxylation is 1. The van der Waals surface area contributed by atoms with Crippen molar-refractivity contribution < 1.29 is 4.39 Å². The van der Waals surface area contributed by atoms with Crippen molar-refractivity contribution in [1.82, 2.24) is 9.97 Å². The molecule has 4 heteroatoms. The van der Waals surface area contributed by atoms with Crippen molar-refractivity contribution in [2.24, 2.45) is 0 Å². The van der Waals surface area contributed by atoms with E-state index in [9.17, 15) is 4.39 Å². The Morgan fingerprint density at radius 3 is 2.80 bits per heavy atom. The summed E-state index contributed by atoms with van der Waals surface area (Å²) < 4.78 is 13.0. The number of anilines is 1. The molecule has 0 unspecified atom stereocenters. The van der Waals surface area contributed by atoms with Gasteiger partial charge in [0.25, 0.3) is 0 Å². The van der Waals surface area contributed by atoms with Crippen molar-refractivity contribution in [3.63, 3.8) is 0 Å². The van der Waals surface area contributed by atoms with Gasteiger partial charge in [-0.25, -0.2) is 9.37 Å². The molecule has 0 atom stereocenters. The van der Waals surface area contributed by atoms with Crippen molar-refractivity contribution in [2.75, 3.05) is 5.73 Å². The molecule has 2 rings (SSSR count). The lowest BCUT2D eigenvalue weighted by Crippen LogP contribution is -1.96. The molecule has 0 aliphatic heterocycles. The van der Waals surface area contributed by atoms with Crippen LogP contribution >= 0.6 is 0 Å².